The van der Waals surface area contributed by atoms with Crippen molar-refractivity contribution >= 4 is 5.97 Å². The Bertz CT molecular complexity index is 768. The number of carbonyl (C=O) groups is 1. The summed E-state index contributed by atoms with van der Waals surface area (Å²) in [6, 6.07) is 10.3. The van der Waals surface area contributed by atoms with E-state index in [-0.39, 0.29) is 6.42 Å². The summed E-state index contributed by atoms with van der Waals surface area (Å²) in [5.74, 6) is -0.364. The monoisotopic (exact) mass is 379 g/mol. The van der Waals surface area contributed by atoms with Crippen molar-refractivity contribution in [2.24, 2.45) is 5.92 Å². The average Bonchev–Trinajstić information content (AvgIpc) is 2.57. The lowest BCUT2D eigenvalue weighted by molar-refractivity contribution is -0.138. The molecule has 0 atom stereocenters. The lowest BCUT2D eigenvalue weighted by Gasteiger charge is -2.12. The van der Waals surface area contributed by atoms with Crippen LogP contribution < -0.4 is 5.32 Å². The maximum absolute atomic E-state index is 12.7. The Morgan fingerprint density at radius 2 is 1.67 bits per heavy atom. The fraction of sp³-hybridized carbons (Fsp3) is 0.381. The molecule has 146 valence electrons. The van der Waals surface area contributed by atoms with E-state index in [1.807, 2.05) is 12.1 Å². The van der Waals surface area contributed by atoms with Crippen molar-refractivity contribution in [2.45, 2.75) is 39.4 Å². The van der Waals surface area contributed by atoms with Crippen LogP contribution in [0.15, 0.2) is 42.5 Å². The summed E-state index contributed by atoms with van der Waals surface area (Å²) >= 11 is 0. The van der Waals surface area contributed by atoms with Crippen molar-refractivity contribution in [1.29, 1.82) is 0 Å². The SMILES string of the molecule is CC(C)CCNCc1cc(CC(=O)O)cc(-c2ccc(C(F)(F)F)cc2)c1. The van der Waals surface area contributed by atoms with E-state index in [0.29, 0.717) is 29.2 Å². The van der Waals surface area contributed by atoms with Crippen LogP contribution in [0.1, 0.15) is 37.0 Å². The standard InChI is InChI=1S/C21H24F3NO2/c1-14(2)7-8-25-13-16-9-15(12-20(26)27)10-18(11-16)17-3-5-19(6-4-17)21(22,23)24/h3-6,9-11,14,25H,7-8,12-13H2,1-2H3,(H,26,27). The second-order valence-corrected chi connectivity index (χ2v) is 7.04. The largest absolute Gasteiger partial charge is 0.481 e. The van der Waals surface area contributed by atoms with Gasteiger partial charge < -0.3 is 10.4 Å². The minimum absolute atomic E-state index is 0.131. The maximum atomic E-state index is 12.7. The molecule has 0 spiro atoms. The van der Waals surface area contributed by atoms with E-state index in [2.05, 4.69) is 19.2 Å². The van der Waals surface area contributed by atoms with E-state index in [1.54, 1.807) is 6.07 Å². The first-order chi connectivity index (χ1) is 12.6. The highest BCUT2D eigenvalue weighted by Crippen LogP contribution is 2.31. The first-order valence-corrected chi connectivity index (χ1v) is 8.88. The van der Waals surface area contributed by atoms with Crippen LogP contribution in [-0.4, -0.2) is 17.6 Å². The molecular weight excluding hydrogens is 355 g/mol. The van der Waals surface area contributed by atoms with Gasteiger partial charge >= 0.3 is 12.1 Å². The Kier molecular flexibility index (Phi) is 7.02. The zero-order chi connectivity index (χ0) is 20.0. The fourth-order valence-electron chi connectivity index (χ4n) is 2.78. The Morgan fingerprint density at radius 1 is 1.04 bits per heavy atom. The normalized spacial score (nSPS) is 11.8. The molecule has 0 saturated heterocycles. The van der Waals surface area contributed by atoms with E-state index in [4.69, 9.17) is 5.11 Å². The Hall–Kier alpha value is -2.34. The second-order valence-electron chi connectivity index (χ2n) is 7.04. The molecule has 0 bridgehead atoms. The predicted octanol–water partition coefficient (Wildman–Crippen LogP) is 5.14. The smallest absolute Gasteiger partial charge is 0.416 e. The molecule has 0 aromatic heterocycles. The van der Waals surface area contributed by atoms with Gasteiger partial charge in [-0.2, -0.15) is 13.2 Å². The van der Waals surface area contributed by atoms with Gasteiger partial charge in [-0.3, -0.25) is 4.79 Å². The van der Waals surface area contributed by atoms with E-state index < -0.39 is 17.7 Å². The molecule has 0 fully saturated rings. The molecule has 0 aliphatic carbocycles. The highest BCUT2D eigenvalue weighted by Gasteiger charge is 2.29. The quantitative estimate of drug-likeness (QED) is 0.625. The first-order valence-electron chi connectivity index (χ1n) is 8.88. The van der Waals surface area contributed by atoms with Crippen LogP contribution in [0.5, 0.6) is 0 Å². The van der Waals surface area contributed by atoms with E-state index in [1.165, 1.54) is 12.1 Å². The lowest BCUT2D eigenvalue weighted by Crippen LogP contribution is -2.16. The molecule has 2 rings (SSSR count). The Morgan fingerprint density at radius 3 is 2.22 bits per heavy atom. The summed E-state index contributed by atoms with van der Waals surface area (Å²) < 4.78 is 38.2. The van der Waals surface area contributed by atoms with Crippen LogP contribution in [0.25, 0.3) is 11.1 Å². The van der Waals surface area contributed by atoms with Gasteiger partial charge in [0.05, 0.1) is 12.0 Å². The minimum atomic E-state index is -4.38. The number of hydrogen-bond donors (Lipinski definition) is 2. The number of carboxylic acid groups (broad SMARTS) is 1. The molecule has 27 heavy (non-hydrogen) atoms. The van der Waals surface area contributed by atoms with E-state index in [9.17, 15) is 18.0 Å². The number of alkyl halides is 3. The number of rotatable bonds is 8. The molecule has 0 amide bonds. The number of carboxylic acids is 1. The molecule has 2 N–H and O–H groups in total. The fourth-order valence-corrected chi connectivity index (χ4v) is 2.78. The van der Waals surface area contributed by atoms with Gasteiger partial charge in [0.2, 0.25) is 0 Å². The maximum Gasteiger partial charge on any atom is 0.416 e. The molecule has 0 aliphatic rings. The van der Waals surface area contributed by atoms with Crippen LogP contribution in [0.4, 0.5) is 13.2 Å². The number of aliphatic carboxylic acids is 1. The third-order valence-corrected chi connectivity index (χ3v) is 4.18. The topological polar surface area (TPSA) is 49.3 Å². The molecule has 0 aliphatic heterocycles. The van der Waals surface area contributed by atoms with Crippen LogP contribution in [0.2, 0.25) is 0 Å². The molecule has 2 aromatic carbocycles. The van der Waals surface area contributed by atoms with Gasteiger partial charge in [-0.25, -0.2) is 0 Å². The summed E-state index contributed by atoms with van der Waals surface area (Å²) in [5, 5.41) is 12.4. The van der Waals surface area contributed by atoms with Gasteiger partial charge in [0.15, 0.2) is 0 Å². The van der Waals surface area contributed by atoms with Gasteiger partial charge in [0, 0.05) is 6.54 Å². The zero-order valence-corrected chi connectivity index (χ0v) is 15.4. The first kappa shape index (κ1) is 21.0. The van der Waals surface area contributed by atoms with Crippen molar-refractivity contribution in [3.63, 3.8) is 0 Å². The van der Waals surface area contributed by atoms with Crippen LogP contribution in [-0.2, 0) is 23.9 Å². The third-order valence-electron chi connectivity index (χ3n) is 4.18. The number of halogens is 3. The minimum Gasteiger partial charge on any atom is -0.481 e. The van der Waals surface area contributed by atoms with Crippen molar-refractivity contribution in [3.8, 4) is 11.1 Å². The van der Waals surface area contributed by atoms with E-state index in [0.717, 1.165) is 30.7 Å². The molecule has 3 nitrogen and oxygen atoms in total. The zero-order valence-electron chi connectivity index (χ0n) is 15.4. The Labute approximate surface area is 157 Å². The molecule has 0 saturated carbocycles. The number of benzene rings is 2. The highest BCUT2D eigenvalue weighted by molar-refractivity contribution is 5.72. The van der Waals surface area contributed by atoms with Crippen LogP contribution >= 0.6 is 0 Å². The van der Waals surface area contributed by atoms with Gasteiger partial charge in [-0.15, -0.1) is 0 Å². The molecular formula is C21H24F3NO2. The Balaban J connectivity index is 2.25. The van der Waals surface area contributed by atoms with Crippen LogP contribution in [0.3, 0.4) is 0 Å². The molecule has 0 radical (unpaired) electrons. The summed E-state index contributed by atoms with van der Waals surface area (Å²) in [6.45, 7) is 5.69. The summed E-state index contributed by atoms with van der Waals surface area (Å²) in [4.78, 5) is 11.1. The summed E-state index contributed by atoms with van der Waals surface area (Å²) in [6.07, 6.45) is -3.48. The predicted molar refractivity (Wildman–Crippen MR) is 99.4 cm³/mol. The number of hydrogen-bond acceptors (Lipinski definition) is 2. The van der Waals surface area contributed by atoms with Crippen LogP contribution in [0, 0.1) is 5.92 Å². The summed E-state index contributed by atoms with van der Waals surface area (Å²) in [5.41, 5.74) is 2.17. The van der Waals surface area contributed by atoms with Crippen molar-refractivity contribution in [3.05, 3.63) is 59.2 Å². The lowest BCUT2D eigenvalue weighted by atomic mass is 9.97. The molecule has 6 heteroatoms. The van der Waals surface area contributed by atoms with Gasteiger partial charge in [-0.05, 0) is 59.3 Å². The molecule has 0 unspecified atom stereocenters. The van der Waals surface area contributed by atoms with Crippen molar-refractivity contribution in [2.75, 3.05) is 6.54 Å². The average molecular weight is 379 g/mol. The van der Waals surface area contributed by atoms with Crippen molar-refractivity contribution in [1.82, 2.24) is 5.32 Å². The highest BCUT2D eigenvalue weighted by atomic mass is 19.4. The van der Waals surface area contributed by atoms with Gasteiger partial charge in [0.1, 0.15) is 0 Å². The molecule has 2 aromatic rings. The number of nitrogens with one attached hydrogen (secondary N) is 1. The second kappa shape index (κ2) is 9.04. The summed E-state index contributed by atoms with van der Waals surface area (Å²) in [7, 11) is 0. The third kappa shape index (κ3) is 6.71. The molecule has 0 heterocycles. The van der Waals surface area contributed by atoms with E-state index >= 15 is 0 Å². The van der Waals surface area contributed by atoms with Crippen molar-refractivity contribution < 1.29 is 23.1 Å². The van der Waals surface area contributed by atoms with Gasteiger partial charge in [-0.1, -0.05) is 38.1 Å². The van der Waals surface area contributed by atoms with Gasteiger partial charge in [0.25, 0.3) is 0 Å².